The average Bonchev–Trinajstić information content (AvgIpc) is 2.55. The fraction of sp³-hybridized carbons (Fsp3) is 0.316. The zero-order valence-electron chi connectivity index (χ0n) is 14.9. The number of pyridine rings is 1. The van der Waals surface area contributed by atoms with E-state index < -0.39 is 6.61 Å². The van der Waals surface area contributed by atoms with Gasteiger partial charge in [-0.15, -0.1) is 0 Å². The first-order chi connectivity index (χ1) is 12.4. The Morgan fingerprint density at radius 1 is 1.15 bits per heavy atom. The predicted octanol–water partition coefficient (Wildman–Crippen LogP) is 4.44. The number of alkyl halides is 2. The van der Waals surface area contributed by atoms with Gasteiger partial charge in [0.2, 0.25) is 0 Å². The third-order valence-corrected chi connectivity index (χ3v) is 4.18. The van der Waals surface area contributed by atoms with Crippen molar-refractivity contribution in [2.45, 2.75) is 20.5 Å². The van der Waals surface area contributed by atoms with Gasteiger partial charge in [0.15, 0.2) is 16.9 Å². The van der Waals surface area contributed by atoms with Gasteiger partial charge in [-0.05, 0) is 43.9 Å². The zero-order chi connectivity index (χ0) is 19.1. The number of aromatic nitrogens is 1. The second-order valence-electron chi connectivity index (χ2n) is 5.59. The quantitative estimate of drug-likeness (QED) is 0.634. The standard InChI is InChI=1S/C19H21F2NO3S/c1-13-10-16(23)11-14(2)22(13)7-6-15-4-5-17(25-19(20)21)18(12-15)24-8-9-26-3/h4-7,10-12,19H,8-9H2,1-3H3/b7-6+. The molecule has 0 radical (unpaired) electrons. The largest absolute Gasteiger partial charge is 0.489 e. The molecule has 0 atom stereocenters. The molecule has 4 nitrogen and oxygen atoms in total. The lowest BCUT2D eigenvalue weighted by molar-refractivity contribution is -0.0514. The molecule has 0 bridgehead atoms. The monoisotopic (exact) mass is 381 g/mol. The van der Waals surface area contributed by atoms with Crippen molar-refractivity contribution in [3.8, 4) is 11.5 Å². The number of hydrogen-bond donors (Lipinski definition) is 0. The highest BCUT2D eigenvalue weighted by molar-refractivity contribution is 7.98. The normalized spacial score (nSPS) is 11.3. The molecule has 2 aromatic rings. The van der Waals surface area contributed by atoms with Crippen LogP contribution in [-0.2, 0) is 0 Å². The summed E-state index contributed by atoms with van der Waals surface area (Å²) in [5, 5.41) is 0. The SMILES string of the molecule is CSCCOc1cc(/C=C/n2c(C)cc(=O)cc2C)ccc1OC(F)F. The first-order valence-electron chi connectivity index (χ1n) is 7.99. The molecule has 7 heteroatoms. The maximum atomic E-state index is 12.6. The van der Waals surface area contributed by atoms with Crippen LogP contribution < -0.4 is 14.9 Å². The van der Waals surface area contributed by atoms with Crippen LogP contribution in [0.3, 0.4) is 0 Å². The molecule has 0 saturated heterocycles. The number of benzene rings is 1. The van der Waals surface area contributed by atoms with Crippen LogP contribution in [0.25, 0.3) is 12.3 Å². The fourth-order valence-electron chi connectivity index (χ4n) is 2.44. The van der Waals surface area contributed by atoms with Gasteiger partial charge in [-0.1, -0.05) is 6.07 Å². The van der Waals surface area contributed by atoms with Gasteiger partial charge < -0.3 is 14.0 Å². The van der Waals surface area contributed by atoms with E-state index in [2.05, 4.69) is 4.74 Å². The zero-order valence-corrected chi connectivity index (χ0v) is 15.7. The van der Waals surface area contributed by atoms with Crippen molar-refractivity contribution in [2.75, 3.05) is 18.6 Å². The van der Waals surface area contributed by atoms with Crippen LogP contribution in [0.5, 0.6) is 11.5 Å². The summed E-state index contributed by atoms with van der Waals surface area (Å²) in [7, 11) is 0. The first-order valence-corrected chi connectivity index (χ1v) is 9.38. The molecule has 26 heavy (non-hydrogen) atoms. The van der Waals surface area contributed by atoms with Crippen LogP contribution in [-0.4, -0.2) is 29.8 Å². The molecule has 1 heterocycles. The second kappa shape index (κ2) is 9.43. The van der Waals surface area contributed by atoms with Crippen molar-refractivity contribution in [1.29, 1.82) is 0 Å². The lowest BCUT2D eigenvalue weighted by atomic mass is 10.2. The third-order valence-electron chi connectivity index (χ3n) is 3.61. The number of rotatable bonds is 8. The highest BCUT2D eigenvalue weighted by Crippen LogP contribution is 2.30. The predicted molar refractivity (Wildman–Crippen MR) is 102 cm³/mol. The molecular weight excluding hydrogens is 360 g/mol. The molecule has 1 aromatic heterocycles. The Morgan fingerprint density at radius 2 is 1.85 bits per heavy atom. The van der Waals surface area contributed by atoms with Gasteiger partial charge in [-0.2, -0.15) is 20.5 Å². The number of thioether (sulfide) groups is 1. The summed E-state index contributed by atoms with van der Waals surface area (Å²) in [6.07, 6.45) is 5.57. The lowest BCUT2D eigenvalue weighted by Gasteiger charge is -2.13. The summed E-state index contributed by atoms with van der Waals surface area (Å²) in [6, 6.07) is 7.89. The molecule has 0 saturated carbocycles. The Bertz CT molecular complexity index is 808. The van der Waals surface area contributed by atoms with Crippen LogP contribution >= 0.6 is 11.8 Å². The summed E-state index contributed by atoms with van der Waals surface area (Å²) < 4.78 is 37.1. The van der Waals surface area contributed by atoms with E-state index >= 15 is 0 Å². The highest BCUT2D eigenvalue weighted by Gasteiger charge is 2.11. The summed E-state index contributed by atoms with van der Waals surface area (Å²) in [5.41, 5.74) is 2.34. The number of ether oxygens (including phenoxy) is 2. The van der Waals surface area contributed by atoms with E-state index in [1.807, 2.05) is 36.9 Å². The minimum Gasteiger partial charge on any atom is -0.489 e. The fourth-order valence-corrected chi connectivity index (χ4v) is 2.69. The van der Waals surface area contributed by atoms with E-state index in [1.54, 1.807) is 36.0 Å². The molecule has 0 spiro atoms. The van der Waals surface area contributed by atoms with Gasteiger partial charge in [0.05, 0.1) is 6.61 Å². The molecule has 140 valence electrons. The number of hydrogen-bond acceptors (Lipinski definition) is 4. The van der Waals surface area contributed by atoms with Gasteiger partial charge >= 0.3 is 6.61 Å². The summed E-state index contributed by atoms with van der Waals surface area (Å²) >= 11 is 1.60. The van der Waals surface area contributed by atoms with Crippen molar-refractivity contribution in [2.24, 2.45) is 0 Å². The molecule has 0 unspecified atom stereocenters. The Morgan fingerprint density at radius 3 is 2.46 bits per heavy atom. The van der Waals surface area contributed by atoms with Crippen molar-refractivity contribution in [1.82, 2.24) is 4.57 Å². The van der Waals surface area contributed by atoms with Gasteiger partial charge in [0.1, 0.15) is 0 Å². The summed E-state index contributed by atoms with van der Waals surface area (Å²) in [4.78, 5) is 11.5. The van der Waals surface area contributed by atoms with Gasteiger partial charge in [0, 0.05) is 35.5 Å². The van der Waals surface area contributed by atoms with Gasteiger partial charge in [0.25, 0.3) is 0 Å². The minimum absolute atomic E-state index is 0.00831. The van der Waals surface area contributed by atoms with Crippen molar-refractivity contribution in [3.05, 3.63) is 57.5 Å². The third kappa shape index (κ3) is 5.62. The van der Waals surface area contributed by atoms with Crippen LogP contribution in [0.1, 0.15) is 17.0 Å². The molecule has 0 amide bonds. The number of aryl methyl sites for hydroxylation is 2. The molecule has 2 rings (SSSR count). The molecule has 0 aliphatic heterocycles. The van der Waals surface area contributed by atoms with Crippen LogP contribution in [0, 0.1) is 13.8 Å². The maximum Gasteiger partial charge on any atom is 0.387 e. The van der Waals surface area contributed by atoms with Gasteiger partial charge in [-0.25, -0.2) is 0 Å². The van der Waals surface area contributed by atoms with E-state index in [1.165, 1.54) is 6.07 Å². The highest BCUT2D eigenvalue weighted by atomic mass is 32.2. The number of nitrogens with zero attached hydrogens (tertiary/aromatic N) is 1. The maximum absolute atomic E-state index is 12.6. The van der Waals surface area contributed by atoms with Crippen LogP contribution in [0.15, 0.2) is 35.1 Å². The first kappa shape index (κ1) is 20.0. The Labute approximate surface area is 155 Å². The van der Waals surface area contributed by atoms with Crippen LogP contribution in [0.4, 0.5) is 8.78 Å². The van der Waals surface area contributed by atoms with Crippen molar-refractivity contribution >= 4 is 24.0 Å². The Balaban J connectivity index is 2.29. The molecule has 0 N–H and O–H groups in total. The van der Waals surface area contributed by atoms with Crippen molar-refractivity contribution < 1.29 is 18.3 Å². The molecule has 0 aliphatic rings. The van der Waals surface area contributed by atoms with E-state index in [0.717, 1.165) is 22.7 Å². The topological polar surface area (TPSA) is 40.5 Å². The molecular formula is C19H21F2NO3S. The second-order valence-corrected chi connectivity index (χ2v) is 6.57. The number of halogens is 2. The van der Waals surface area contributed by atoms with E-state index in [0.29, 0.717) is 6.61 Å². The lowest BCUT2D eigenvalue weighted by Crippen LogP contribution is -2.08. The molecule has 0 fully saturated rings. The van der Waals surface area contributed by atoms with E-state index in [4.69, 9.17) is 4.74 Å². The molecule has 0 aliphatic carbocycles. The Hall–Kier alpha value is -2.28. The van der Waals surface area contributed by atoms with Gasteiger partial charge in [-0.3, -0.25) is 4.79 Å². The van der Waals surface area contributed by atoms with Crippen LogP contribution in [0.2, 0.25) is 0 Å². The summed E-state index contributed by atoms with van der Waals surface area (Å²) in [5.74, 6) is 1.02. The Kier molecular flexibility index (Phi) is 7.26. The van der Waals surface area contributed by atoms with Crippen molar-refractivity contribution in [3.63, 3.8) is 0 Å². The summed E-state index contributed by atoms with van der Waals surface area (Å²) in [6.45, 7) is 1.17. The van der Waals surface area contributed by atoms with E-state index in [9.17, 15) is 13.6 Å². The van der Waals surface area contributed by atoms with E-state index in [-0.39, 0.29) is 16.9 Å². The average molecular weight is 381 g/mol. The molecule has 1 aromatic carbocycles. The smallest absolute Gasteiger partial charge is 0.387 e. The minimum atomic E-state index is -2.91.